The van der Waals surface area contributed by atoms with Crippen LogP contribution < -0.4 is 5.32 Å². The summed E-state index contributed by atoms with van der Waals surface area (Å²) < 4.78 is 0. The number of carbonyl (C=O) groups is 1. The molecule has 4 nitrogen and oxygen atoms in total. The van der Waals surface area contributed by atoms with E-state index in [0.717, 1.165) is 5.03 Å². The van der Waals surface area contributed by atoms with Gasteiger partial charge in [-0.2, -0.15) is 0 Å². The summed E-state index contributed by atoms with van der Waals surface area (Å²) in [6, 6.07) is 0. The number of thioether (sulfide) groups is 1. The Morgan fingerprint density at radius 2 is 2.25 bits per heavy atom. The molecule has 0 aliphatic carbocycles. The molecule has 0 aromatic carbocycles. The van der Waals surface area contributed by atoms with Crippen LogP contribution in [-0.4, -0.2) is 29.2 Å². The molecule has 0 unspecified atom stereocenters. The molecule has 0 atom stereocenters. The zero-order chi connectivity index (χ0) is 8.97. The van der Waals surface area contributed by atoms with Crippen molar-refractivity contribution < 1.29 is 4.79 Å². The third-order valence-corrected chi connectivity index (χ3v) is 1.93. The van der Waals surface area contributed by atoms with Crippen molar-refractivity contribution in [2.45, 2.75) is 5.03 Å². The van der Waals surface area contributed by atoms with Gasteiger partial charge in [0.05, 0.1) is 12.4 Å². The van der Waals surface area contributed by atoms with Crippen molar-refractivity contribution in [1.29, 1.82) is 0 Å². The summed E-state index contributed by atoms with van der Waals surface area (Å²) in [5.41, 5.74) is 0.343. The van der Waals surface area contributed by atoms with E-state index in [-0.39, 0.29) is 5.91 Å². The fourth-order valence-electron chi connectivity index (χ4n) is 0.667. The molecule has 0 spiro atoms. The van der Waals surface area contributed by atoms with Crippen LogP contribution in [0.4, 0.5) is 0 Å². The molecular weight excluding hydrogens is 174 g/mol. The van der Waals surface area contributed by atoms with Crippen LogP contribution in [0.1, 0.15) is 10.5 Å². The SMILES string of the molecule is CNC(=O)c1cnc(SC)cn1. The average molecular weight is 183 g/mol. The number of amides is 1. The Balaban J connectivity index is 2.84. The van der Waals surface area contributed by atoms with Crippen LogP contribution >= 0.6 is 11.8 Å². The smallest absolute Gasteiger partial charge is 0.271 e. The number of nitrogens with zero attached hydrogens (tertiary/aromatic N) is 2. The van der Waals surface area contributed by atoms with E-state index >= 15 is 0 Å². The van der Waals surface area contributed by atoms with Crippen LogP contribution in [0.3, 0.4) is 0 Å². The predicted octanol–water partition coefficient (Wildman–Crippen LogP) is 0.558. The van der Waals surface area contributed by atoms with Gasteiger partial charge in [0, 0.05) is 7.05 Å². The summed E-state index contributed by atoms with van der Waals surface area (Å²) in [6.07, 6.45) is 4.95. The van der Waals surface area contributed by atoms with E-state index in [9.17, 15) is 4.79 Å². The Kier molecular flexibility index (Phi) is 3.04. The van der Waals surface area contributed by atoms with Gasteiger partial charge in [0.15, 0.2) is 0 Å². The molecule has 1 N–H and O–H groups in total. The van der Waals surface area contributed by atoms with Gasteiger partial charge in [0.1, 0.15) is 10.7 Å². The minimum absolute atomic E-state index is 0.213. The van der Waals surface area contributed by atoms with Crippen molar-refractivity contribution in [2.24, 2.45) is 0 Å². The first-order valence-electron chi connectivity index (χ1n) is 3.36. The lowest BCUT2D eigenvalue weighted by atomic mass is 10.4. The van der Waals surface area contributed by atoms with E-state index in [0.29, 0.717) is 5.69 Å². The van der Waals surface area contributed by atoms with Crippen LogP contribution in [0, 0.1) is 0 Å². The first-order valence-corrected chi connectivity index (χ1v) is 4.58. The molecule has 1 aromatic rings. The summed E-state index contributed by atoms with van der Waals surface area (Å²) in [5, 5.41) is 3.28. The highest BCUT2D eigenvalue weighted by atomic mass is 32.2. The molecule has 1 rings (SSSR count). The number of hydrogen-bond donors (Lipinski definition) is 1. The molecule has 12 heavy (non-hydrogen) atoms. The topological polar surface area (TPSA) is 54.9 Å². The molecule has 0 fully saturated rings. The highest BCUT2D eigenvalue weighted by molar-refractivity contribution is 7.98. The second kappa shape index (κ2) is 4.06. The third-order valence-electron chi connectivity index (χ3n) is 1.30. The summed E-state index contributed by atoms with van der Waals surface area (Å²) in [7, 11) is 1.56. The maximum Gasteiger partial charge on any atom is 0.271 e. The zero-order valence-corrected chi connectivity index (χ0v) is 7.68. The van der Waals surface area contributed by atoms with Gasteiger partial charge in [-0.05, 0) is 6.26 Å². The largest absolute Gasteiger partial charge is 0.354 e. The van der Waals surface area contributed by atoms with Crippen molar-refractivity contribution in [1.82, 2.24) is 15.3 Å². The molecule has 1 amide bonds. The number of carbonyl (C=O) groups excluding carboxylic acids is 1. The summed E-state index contributed by atoms with van der Waals surface area (Å²) in [5.74, 6) is -0.213. The molecule has 1 heterocycles. The molecule has 0 bridgehead atoms. The fourth-order valence-corrected chi connectivity index (χ4v) is 0.983. The molecule has 0 aliphatic heterocycles. The van der Waals surface area contributed by atoms with Crippen LogP contribution in [0.25, 0.3) is 0 Å². The molecule has 0 saturated carbocycles. The van der Waals surface area contributed by atoms with Crippen LogP contribution in [0.5, 0.6) is 0 Å². The lowest BCUT2D eigenvalue weighted by molar-refractivity contribution is 0.0957. The number of hydrogen-bond acceptors (Lipinski definition) is 4. The fraction of sp³-hybridized carbons (Fsp3) is 0.286. The van der Waals surface area contributed by atoms with E-state index in [1.807, 2.05) is 6.26 Å². The molecular formula is C7H9N3OS. The average Bonchev–Trinajstić information content (AvgIpc) is 2.17. The maximum absolute atomic E-state index is 11.0. The zero-order valence-electron chi connectivity index (χ0n) is 6.87. The van der Waals surface area contributed by atoms with Crippen LogP contribution in [0.15, 0.2) is 17.4 Å². The molecule has 5 heteroatoms. The number of aromatic nitrogens is 2. The standard InChI is InChI=1S/C7H9N3OS/c1-8-7(11)5-3-10-6(12-2)4-9-5/h3-4H,1-2H3,(H,8,11). The molecule has 0 saturated heterocycles. The Morgan fingerprint density at radius 1 is 1.50 bits per heavy atom. The highest BCUT2D eigenvalue weighted by Crippen LogP contribution is 2.08. The quantitative estimate of drug-likeness (QED) is 0.681. The van der Waals surface area contributed by atoms with E-state index < -0.39 is 0 Å². The summed E-state index contributed by atoms with van der Waals surface area (Å²) in [4.78, 5) is 18.9. The second-order valence-electron chi connectivity index (χ2n) is 2.02. The minimum atomic E-state index is -0.213. The normalized spacial score (nSPS) is 9.50. The summed E-state index contributed by atoms with van der Waals surface area (Å²) in [6.45, 7) is 0. The van der Waals surface area contributed by atoms with Gasteiger partial charge in [0.25, 0.3) is 5.91 Å². The van der Waals surface area contributed by atoms with E-state index in [4.69, 9.17) is 0 Å². The van der Waals surface area contributed by atoms with Gasteiger partial charge in [-0.1, -0.05) is 0 Å². The number of nitrogens with one attached hydrogen (secondary N) is 1. The molecule has 64 valence electrons. The van der Waals surface area contributed by atoms with Gasteiger partial charge < -0.3 is 5.32 Å². The Hall–Kier alpha value is -1.10. The molecule has 0 aliphatic rings. The second-order valence-corrected chi connectivity index (χ2v) is 2.85. The monoisotopic (exact) mass is 183 g/mol. The van der Waals surface area contributed by atoms with E-state index in [2.05, 4.69) is 15.3 Å². The van der Waals surface area contributed by atoms with Gasteiger partial charge in [-0.15, -0.1) is 11.8 Å². The van der Waals surface area contributed by atoms with Gasteiger partial charge in [-0.3, -0.25) is 4.79 Å². The van der Waals surface area contributed by atoms with Crippen molar-refractivity contribution in [3.05, 3.63) is 18.1 Å². The maximum atomic E-state index is 11.0. The first-order chi connectivity index (χ1) is 5.77. The third kappa shape index (κ3) is 1.94. The number of rotatable bonds is 2. The summed E-state index contributed by atoms with van der Waals surface area (Å²) >= 11 is 1.49. The van der Waals surface area contributed by atoms with E-state index in [1.165, 1.54) is 18.0 Å². The molecule has 0 radical (unpaired) electrons. The lowest BCUT2D eigenvalue weighted by Crippen LogP contribution is -2.19. The molecule has 1 aromatic heterocycles. The Bertz CT molecular complexity index is 272. The Morgan fingerprint density at radius 3 is 2.67 bits per heavy atom. The van der Waals surface area contributed by atoms with Crippen LogP contribution in [0.2, 0.25) is 0 Å². The van der Waals surface area contributed by atoms with Gasteiger partial charge in [0.2, 0.25) is 0 Å². The van der Waals surface area contributed by atoms with Crippen LogP contribution in [-0.2, 0) is 0 Å². The van der Waals surface area contributed by atoms with E-state index in [1.54, 1.807) is 13.2 Å². The van der Waals surface area contributed by atoms with Crippen molar-refractivity contribution in [3.63, 3.8) is 0 Å². The minimum Gasteiger partial charge on any atom is -0.354 e. The Labute approximate surface area is 74.8 Å². The first kappa shape index (κ1) is 8.99. The van der Waals surface area contributed by atoms with Gasteiger partial charge >= 0.3 is 0 Å². The van der Waals surface area contributed by atoms with Crippen molar-refractivity contribution in [2.75, 3.05) is 13.3 Å². The predicted molar refractivity (Wildman–Crippen MR) is 47.2 cm³/mol. The van der Waals surface area contributed by atoms with Gasteiger partial charge in [-0.25, -0.2) is 9.97 Å². The van der Waals surface area contributed by atoms with Crippen molar-refractivity contribution >= 4 is 17.7 Å². The lowest BCUT2D eigenvalue weighted by Gasteiger charge is -1.98. The highest BCUT2D eigenvalue weighted by Gasteiger charge is 2.03. The van der Waals surface area contributed by atoms with Crippen molar-refractivity contribution in [3.8, 4) is 0 Å².